The van der Waals surface area contributed by atoms with Crippen molar-refractivity contribution in [1.82, 2.24) is 14.4 Å². The molecule has 92 valence electrons. The van der Waals surface area contributed by atoms with Crippen molar-refractivity contribution in [2.45, 2.75) is 52.4 Å². The van der Waals surface area contributed by atoms with Crippen LogP contribution in [0, 0.1) is 0 Å². The van der Waals surface area contributed by atoms with Gasteiger partial charge in [0.2, 0.25) is 0 Å². The molecule has 2 aromatic heterocycles. The maximum Gasteiger partial charge on any atom is 0.160 e. The highest BCUT2D eigenvalue weighted by atomic mass is 15.1. The number of imidazole rings is 1. The Balaban J connectivity index is 2.74. The van der Waals surface area contributed by atoms with Crippen LogP contribution in [0.4, 0.5) is 0 Å². The lowest BCUT2D eigenvalue weighted by Gasteiger charge is -2.21. The van der Waals surface area contributed by atoms with E-state index in [4.69, 9.17) is 0 Å². The first-order valence-electron chi connectivity index (χ1n) is 6.04. The predicted octanol–water partition coefficient (Wildman–Crippen LogP) is 3.32. The van der Waals surface area contributed by atoms with Gasteiger partial charge in [0.15, 0.2) is 5.65 Å². The second-order valence-corrected chi connectivity index (χ2v) is 6.62. The van der Waals surface area contributed by atoms with E-state index in [1.807, 2.05) is 12.5 Å². The van der Waals surface area contributed by atoms with Gasteiger partial charge in [-0.15, -0.1) is 0 Å². The molecule has 3 nitrogen and oxygen atoms in total. The molecule has 0 spiro atoms. The first-order chi connectivity index (χ1) is 7.71. The van der Waals surface area contributed by atoms with Gasteiger partial charge >= 0.3 is 0 Å². The zero-order valence-corrected chi connectivity index (χ0v) is 11.6. The van der Waals surface area contributed by atoms with E-state index < -0.39 is 0 Å². The van der Waals surface area contributed by atoms with Crippen LogP contribution in [0.15, 0.2) is 18.6 Å². The van der Waals surface area contributed by atoms with Crippen LogP contribution in [-0.2, 0) is 10.8 Å². The van der Waals surface area contributed by atoms with E-state index in [1.54, 1.807) is 0 Å². The van der Waals surface area contributed by atoms with Crippen molar-refractivity contribution in [3.63, 3.8) is 0 Å². The van der Waals surface area contributed by atoms with Gasteiger partial charge in [-0.2, -0.15) is 0 Å². The lowest BCUT2D eigenvalue weighted by Crippen LogP contribution is -2.17. The van der Waals surface area contributed by atoms with Crippen LogP contribution < -0.4 is 0 Å². The molecular formula is C14H21N3. The van der Waals surface area contributed by atoms with Gasteiger partial charge in [-0.25, -0.2) is 9.97 Å². The van der Waals surface area contributed by atoms with Crippen LogP contribution in [0.2, 0.25) is 0 Å². The third-order valence-corrected chi connectivity index (χ3v) is 2.91. The highest BCUT2D eigenvalue weighted by Gasteiger charge is 2.24. The van der Waals surface area contributed by atoms with Crippen LogP contribution in [0.25, 0.3) is 5.65 Å². The summed E-state index contributed by atoms with van der Waals surface area (Å²) in [5.74, 6) is 0. The number of fused-ring (bicyclic) bond motifs is 1. The topological polar surface area (TPSA) is 30.2 Å². The Bertz CT molecular complexity index is 539. The van der Waals surface area contributed by atoms with E-state index >= 15 is 0 Å². The van der Waals surface area contributed by atoms with E-state index in [-0.39, 0.29) is 10.8 Å². The molecule has 0 fully saturated rings. The summed E-state index contributed by atoms with van der Waals surface area (Å²) in [6.45, 7) is 13.1. The highest BCUT2D eigenvalue weighted by Crippen LogP contribution is 2.28. The number of nitrogens with zero attached hydrogens (tertiary/aromatic N) is 3. The van der Waals surface area contributed by atoms with E-state index in [9.17, 15) is 0 Å². The Morgan fingerprint density at radius 2 is 1.59 bits per heavy atom. The Labute approximate surface area is 103 Å². The fourth-order valence-electron chi connectivity index (χ4n) is 2.04. The fraction of sp³-hybridized carbons (Fsp3) is 0.571. The average Bonchev–Trinajstić information content (AvgIpc) is 2.57. The van der Waals surface area contributed by atoms with Crippen LogP contribution in [-0.4, -0.2) is 14.4 Å². The van der Waals surface area contributed by atoms with Gasteiger partial charge in [-0.1, -0.05) is 41.5 Å². The summed E-state index contributed by atoms with van der Waals surface area (Å²) < 4.78 is 2.11. The minimum absolute atomic E-state index is 0.0260. The van der Waals surface area contributed by atoms with Crippen LogP contribution in [0.1, 0.15) is 52.9 Å². The van der Waals surface area contributed by atoms with E-state index in [0.29, 0.717) is 0 Å². The minimum atomic E-state index is 0.0260. The lowest BCUT2D eigenvalue weighted by molar-refractivity contribution is 0.557. The second kappa shape index (κ2) is 3.56. The molecule has 0 aliphatic heterocycles. The van der Waals surface area contributed by atoms with E-state index in [1.165, 1.54) is 5.69 Å². The van der Waals surface area contributed by atoms with Gasteiger partial charge < -0.3 is 0 Å². The molecule has 0 N–H and O–H groups in total. The maximum absolute atomic E-state index is 4.54. The molecule has 0 radical (unpaired) electrons. The molecule has 2 rings (SSSR count). The number of aromatic nitrogens is 3. The van der Waals surface area contributed by atoms with Crippen molar-refractivity contribution in [1.29, 1.82) is 0 Å². The third kappa shape index (κ3) is 2.06. The smallest absolute Gasteiger partial charge is 0.160 e. The van der Waals surface area contributed by atoms with Crippen molar-refractivity contribution in [3.05, 3.63) is 30.0 Å². The Kier molecular flexibility index (Phi) is 2.53. The molecule has 0 saturated heterocycles. The van der Waals surface area contributed by atoms with Crippen molar-refractivity contribution in [3.8, 4) is 0 Å². The van der Waals surface area contributed by atoms with Crippen LogP contribution in [0.5, 0.6) is 0 Å². The molecule has 2 heterocycles. The fourth-order valence-corrected chi connectivity index (χ4v) is 2.04. The van der Waals surface area contributed by atoms with Gasteiger partial charge in [-0.3, -0.25) is 4.40 Å². The summed E-state index contributed by atoms with van der Waals surface area (Å²) in [6.07, 6.45) is 3.77. The molecule has 0 atom stereocenters. The number of hydrogen-bond donors (Lipinski definition) is 0. The minimum Gasteiger partial charge on any atom is -0.287 e. The van der Waals surface area contributed by atoms with Crippen molar-refractivity contribution in [2.75, 3.05) is 0 Å². The van der Waals surface area contributed by atoms with Crippen molar-refractivity contribution in [2.24, 2.45) is 0 Å². The Morgan fingerprint density at radius 1 is 0.941 bits per heavy atom. The van der Waals surface area contributed by atoms with Gasteiger partial charge in [0.05, 0.1) is 5.69 Å². The summed E-state index contributed by atoms with van der Waals surface area (Å²) in [7, 11) is 0. The quantitative estimate of drug-likeness (QED) is 0.696. The predicted molar refractivity (Wildman–Crippen MR) is 70.4 cm³/mol. The average molecular weight is 231 g/mol. The monoisotopic (exact) mass is 231 g/mol. The molecule has 0 unspecified atom stereocenters. The molecule has 0 bridgehead atoms. The summed E-state index contributed by atoms with van der Waals surface area (Å²) in [5, 5.41) is 0. The summed E-state index contributed by atoms with van der Waals surface area (Å²) in [6, 6.07) is 2.07. The Hall–Kier alpha value is -1.38. The maximum atomic E-state index is 4.54. The molecular weight excluding hydrogens is 210 g/mol. The third-order valence-electron chi connectivity index (χ3n) is 2.91. The van der Waals surface area contributed by atoms with Crippen molar-refractivity contribution < 1.29 is 0 Å². The first-order valence-corrected chi connectivity index (χ1v) is 6.04. The molecule has 0 aliphatic rings. The number of rotatable bonds is 0. The highest BCUT2D eigenvalue weighted by molar-refractivity contribution is 5.49. The van der Waals surface area contributed by atoms with Gasteiger partial charge in [-0.05, 0) is 6.07 Å². The van der Waals surface area contributed by atoms with E-state index in [2.05, 4.69) is 62.0 Å². The largest absolute Gasteiger partial charge is 0.287 e. The lowest BCUT2D eigenvalue weighted by atomic mass is 9.90. The Morgan fingerprint density at radius 3 is 2.12 bits per heavy atom. The van der Waals surface area contributed by atoms with Crippen LogP contribution >= 0.6 is 0 Å². The van der Waals surface area contributed by atoms with Crippen molar-refractivity contribution >= 4 is 5.65 Å². The summed E-state index contributed by atoms with van der Waals surface area (Å²) >= 11 is 0. The normalized spacial score (nSPS) is 13.3. The standard InChI is InChI=1S/C14H21N3/c1-13(2,3)10-7-8-15-12-11(14(4,5)6)16-9-17(10)12/h7-9H,1-6H3. The summed E-state index contributed by atoms with van der Waals surface area (Å²) in [4.78, 5) is 9.02. The summed E-state index contributed by atoms with van der Waals surface area (Å²) in [5.41, 5.74) is 3.40. The van der Waals surface area contributed by atoms with Gasteiger partial charge in [0.25, 0.3) is 0 Å². The zero-order valence-electron chi connectivity index (χ0n) is 11.6. The van der Waals surface area contributed by atoms with E-state index in [0.717, 1.165) is 11.3 Å². The molecule has 0 amide bonds. The SMILES string of the molecule is CC(C)(C)c1ncn2c(C(C)(C)C)ccnc12. The van der Waals surface area contributed by atoms with Gasteiger partial charge in [0, 0.05) is 22.7 Å². The molecule has 2 aromatic rings. The number of hydrogen-bond acceptors (Lipinski definition) is 2. The second-order valence-electron chi connectivity index (χ2n) is 6.62. The molecule has 0 aliphatic carbocycles. The molecule has 0 aromatic carbocycles. The molecule has 0 saturated carbocycles. The van der Waals surface area contributed by atoms with Gasteiger partial charge in [0.1, 0.15) is 6.33 Å². The first kappa shape index (κ1) is 12.1. The molecule has 3 heteroatoms. The molecule has 17 heavy (non-hydrogen) atoms. The zero-order chi connectivity index (χ0) is 12.8. The van der Waals surface area contributed by atoms with Crippen LogP contribution in [0.3, 0.4) is 0 Å².